The minimum Gasteiger partial charge on any atom is -0.493 e. The maximum Gasteiger partial charge on any atom is 0.151 e. The zero-order valence-electron chi connectivity index (χ0n) is 9.92. The molecule has 1 aromatic heterocycles. The van der Waals surface area contributed by atoms with Crippen molar-refractivity contribution in [3.63, 3.8) is 0 Å². The highest BCUT2D eigenvalue weighted by molar-refractivity contribution is 7.92. The van der Waals surface area contributed by atoms with Crippen LogP contribution in [0, 0.1) is 12.8 Å². The van der Waals surface area contributed by atoms with Crippen molar-refractivity contribution in [1.29, 1.82) is 0 Å². The number of aromatic nitrogens is 1. The summed E-state index contributed by atoms with van der Waals surface area (Å²) < 4.78 is 28.8. The Morgan fingerprint density at radius 2 is 2.22 bits per heavy atom. The summed E-state index contributed by atoms with van der Waals surface area (Å²) in [6.45, 7) is 2.44. The third kappa shape index (κ3) is 2.35. The highest BCUT2D eigenvalue weighted by Gasteiger charge is 2.33. The van der Waals surface area contributed by atoms with Crippen LogP contribution in [-0.4, -0.2) is 31.5 Å². The van der Waals surface area contributed by atoms with Crippen LogP contribution in [-0.2, 0) is 9.84 Å². The first-order valence-electron chi connectivity index (χ1n) is 5.72. The summed E-state index contributed by atoms with van der Waals surface area (Å²) in [5.74, 6) is 1.41. The molecular weight excluding hydrogens is 270 g/mol. The van der Waals surface area contributed by atoms with Gasteiger partial charge in [-0.1, -0.05) is 0 Å². The van der Waals surface area contributed by atoms with Gasteiger partial charge < -0.3 is 4.74 Å². The van der Waals surface area contributed by atoms with E-state index in [0.717, 1.165) is 21.0 Å². The molecule has 18 heavy (non-hydrogen) atoms. The van der Waals surface area contributed by atoms with E-state index in [9.17, 15) is 8.42 Å². The SMILES string of the molecule is Cc1nc2cc(OCC3CS(=O)(=O)C3)ccc2s1. The zero-order valence-corrected chi connectivity index (χ0v) is 11.6. The monoisotopic (exact) mass is 283 g/mol. The third-order valence-corrected chi connectivity index (χ3v) is 5.84. The van der Waals surface area contributed by atoms with Gasteiger partial charge in [0.25, 0.3) is 0 Å². The van der Waals surface area contributed by atoms with E-state index in [1.165, 1.54) is 0 Å². The molecule has 1 aliphatic rings. The molecule has 0 bridgehead atoms. The third-order valence-electron chi connectivity index (χ3n) is 2.93. The van der Waals surface area contributed by atoms with Crippen molar-refractivity contribution >= 4 is 31.4 Å². The Morgan fingerprint density at radius 1 is 1.44 bits per heavy atom. The van der Waals surface area contributed by atoms with Crippen molar-refractivity contribution in [2.24, 2.45) is 5.92 Å². The molecule has 1 saturated heterocycles. The van der Waals surface area contributed by atoms with Crippen molar-refractivity contribution in [2.75, 3.05) is 18.1 Å². The van der Waals surface area contributed by atoms with Crippen LogP contribution in [0.5, 0.6) is 5.75 Å². The first kappa shape index (κ1) is 11.9. The number of hydrogen-bond acceptors (Lipinski definition) is 5. The van der Waals surface area contributed by atoms with Gasteiger partial charge in [0, 0.05) is 12.0 Å². The predicted molar refractivity (Wildman–Crippen MR) is 72.0 cm³/mol. The number of thiazole rings is 1. The van der Waals surface area contributed by atoms with Crippen LogP contribution in [0.1, 0.15) is 5.01 Å². The van der Waals surface area contributed by atoms with Gasteiger partial charge in [-0.2, -0.15) is 0 Å². The topological polar surface area (TPSA) is 56.3 Å². The Kier molecular flexibility index (Phi) is 2.79. The summed E-state index contributed by atoms with van der Waals surface area (Å²) in [6, 6.07) is 5.81. The molecule has 0 radical (unpaired) electrons. The molecule has 4 nitrogen and oxygen atoms in total. The smallest absolute Gasteiger partial charge is 0.151 e. The Balaban J connectivity index is 1.68. The largest absolute Gasteiger partial charge is 0.493 e. The Hall–Kier alpha value is -1.14. The fourth-order valence-electron chi connectivity index (χ4n) is 2.09. The minimum absolute atomic E-state index is 0.142. The number of fused-ring (bicyclic) bond motifs is 1. The van der Waals surface area contributed by atoms with Gasteiger partial charge in [0.05, 0.1) is 33.3 Å². The molecule has 0 unspecified atom stereocenters. The van der Waals surface area contributed by atoms with Crippen molar-refractivity contribution < 1.29 is 13.2 Å². The summed E-state index contributed by atoms with van der Waals surface area (Å²) in [7, 11) is -2.76. The van der Waals surface area contributed by atoms with Crippen molar-refractivity contribution in [2.45, 2.75) is 6.92 Å². The number of benzene rings is 1. The standard InChI is InChI=1S/C12H13NO3S2/c1-8-13-11-4-10(2-3-12(11)17-8)16-5-9-6-18(14,15)7-9/h2-4,9H,5-7H2,1H3. The average molecular weight is 283 g/mol. The molecule has 3 rings (SSSR count). The van der Waals surface area contributed by atoms with E-state index in [1.807, 2.05) is 25.1 Å². The van der Waals surface area contributed by atoms with E-state index in [2.05, 4.69) is 4.98 Å². The van der Waals surface area contributed by atoms with Crippen molar-refractivity contribution in [3.05, 3.63) is 23.2 Å². The van der Waals surface area contributed by atoms with Gasteiger partial charge >= 0.3 is 0 Å². The van der Waals surface area contributed by atoms with Crippen molar-refractivity contribution in [3.8, 4) is 5.75 Å². The first-order valence-corrected chi connectivity index (χ1v) is 8.36. The van der Waals surface area contributed by atoms with Gasteiger partial charge in [0.1, 0.15) is 5.75 Å². The molecular formula is C12H13NO3S2. The summed E-state index contributed by atoms with van der Waals surface area (Å²) >= 11 is 1.65. The Morgan fingerprint density at radius 3 is 2.94 bits per heavy atom. The van der Waals surface area contributed by atoms with Crippen LogP contribution in [0.15, 0.2) is 18.2 Å². The van der Waals surface area contributed by atoms with Gasteiger partial charge in [0.15, 0.2) is 9.84 Å². The van der Waals surface area contributed by atoms with Crippen LogP contribution < -0.4 is 4.74 Å². The van der Waals surface area contributed by atoms with E-state index < -0.39 is 9.84 Å². The lowest BCUT2D eigenvalue weighted by Crippen LogP contribution is -2.39. The molecule has 2 heterocycles. The van der Waals surface area contributed by atoms with Gasteiger partial charge in [0.2, 0.25) is 0 Å². The normalized spacial score (nSPS) is 18.7. The van der Waals surface area contributed by atoms with Gasteiger partial charge in [-0.3, -0.25) is 0 Å². The van der Waals surface area contributed by atoms with Crippen LogP contribution >= 0.6 is 11.3 Å². The van der Waals surface area contributed by atoms with E-state index in [-0.39, 0.29) is 17.4 Å². The molecule has 2 aromatic rings. The number of nitrogens with zero attached hydrogens (tertiary/aromatic N) is 1. The number of rotatable bonds is 3. The highest BCUT2D eigenvalue weighted by Crippen LogP contribution is 2.26. The van der Waals surface area contributed by atoms with Crippen LogP contribution in [0.2, 0.25) is 0 Å². The molecule has 0 N–H and O–H groups in total. The zero-order chi connectivity index (χ0) is 12.8. The molecule has 6 heteroatoms. The highest BCUT2D eigenvalue weighted by atomic mass is 32.2. The molecule has 0 atom stereocenters. The van der Waals surface area contributed by atoms with Crippen LogP contribution in [0.25, 0.3) is 10.2 Å². The Labute approximate surface area is 110 Å². The summed E-state index contributed by atoms with van der Waals surface area (Å²) in [4.78, 5) is 4.40. The van der Waals surface area contributed by atoms with Crippen LogP contribution in [0.4, 0.5) is 0 Å². The van der Waals surface area contributed by atoms with Gasteiger partial charge in [-0.25, -0.2) is 13.4 Å². The van der Waals surface area contributed by atoms with E-state index in [0.29, 0.717) is 6.61 Å². The van der Waals surface area contributed by atoms with Crippen LogP contribution in [0.3, 0.4) is 0 Å². The predicted octanol–water partition coefficient (Wildman–Crippen LogP) is 2.03. The van der Waals surface area contributed by atoms with E-state index >= 15 is 0 Å². The molecule has 1 aromatic carbocycles. The average Bonchev–Trinajstić information content (AvgIpc) is 2.62. The molecule has 0 spiro atoms. The lowest BCUT2D eigenvalue weighted by atomic mass is 10.2. The summed E-state index contributed by atoms with van der Waals surface area (Å²) in [5, 5.41) is 1.03. The Bertz CT molecular complexity index is 678. The second-order valence-electron chi connectivity index (χ2n) is 4.62. The van der Waals surface area contributed by atoms with Gasteiger partial charge in [-0.15, -0.1) is 11.3 Å². The molecule has 1 aliphatic heterocycles. The van der Waals surface area contributed by atoms with Crippen molar-refractivity contribution in [1.82, 2.24) is 4.98 Å². The second-order valence-corrected chi connectivity index (χ2v) is 8.00. The van der Waals surface area contributed by atoms with E-state index in [4.69, 9.17) is 4.74 Å². The fourth-order valence-corrected chi connectivity index (χ4v) is 4.43. The molecule has 0 saturated carbocycles. The number of sulfone groups is 1. The second kappa shape index (κ2) is 4.20. The molecule has 0 aliphatic carbocycles. The lowest BCUT2D eigenvalue weighted by Gasteiger charge is -2.25. The number of ether oxygens (including phenoxy) is 1. The minimum atomic E-state index is -2.76. The first-order chi connectivity index (χ1) is 8.52. The molecule has 0 amide bonds. The quantitative estimate of drug-likeness (QED) is 0.865. The molecule has 96 valence electrons. The number of aryl methyl sites for hydroxylation is 1. The maximum atomic E-state index is 11.0. The maximum absolute atomic E-state index is 11.0. The summed E-state index contributed by atoms with van der Waals surface area (Å²) in [6.07, 6.45) is 0. The number of hydrogen-bond donors (Lipinski definition) is 0. The summed E-state index contributed by atoms with van der Waals surface area (Å²) in [5.41, 5.74) is 0.941. The fraction of sp³-hybridized carbons (Fsp3) is 0.417. The molecule has 1 fully saturated rings. The van der Waals surface area contributed by atoms with Gasteiger partial charge in [-0.05, 0) is 19.1 Å². The lowest BCUT2D eigenvalue weighted by molar-refractivity contribution is 0.264. The van der Waals surface area contributed by atoms with E-state index in [1.54, 1.807) is 11.3 Å².